The predicted molar refractivity (Wildman–Crippen MR) is 44.4 cm³/mol. The van der Waals surface area contributed by atoms with Gasteiger partial charge >= 0.3 is 0 Å². The van der Waals surface area contributed by atoms with E-state index in [0.717, 1.165) is 0 Å². The molecule has 10 heavy (non-hydrogen) atoms. The van der Waals surface area contributed by atoms with Crippen molar-refractivity contribution < 1.29 is 4.74 Å². The van der Waals surface area contributed by atoms with E-state index in [9.17, 15) is 0 Å². The zero-order chi connectivity index (χ0) is 6.53. The molecule has 0 aliphatic heterocycles. The molecular formula is C8H11ClO. The van der Waals surface area contributed by atoms with Crippen LogP contribution in [0.4, 0.5) is 0 Å². The van der Waals surface area contributed by atoms with Crippen LogP contribution in [0, 0.1) is 0 Å². The fourth-order valence-corrected chi connectivity index (χ4v) is 0.741. The Labute approximate surface area is 67.4 Å². The van der Waals surface area contributed by atoms with Crippen molar-refractivity contribution in [3.8, 4) is 0 Å². The number of hydrogen-bond donors (Lipinski definition) is 0. The van der Waals surface area contributed by atoms with Crippen LogP contribution in [0.3, 0.4) is 0 Å². The summed E-state index contributed by atoms with van der Waals surface area (Å²) >= 11 is 0. The molecule has 0 aromatic heterocycles. The van der Waals surface area contributed by atoms with Gasteiger partial charge in [-0.05, 0) is 5.56 Å². The van der Waals surface area contributed by atoms with Gasteiger partial charge in [-0.25, -0.2) is 0 Å². The van der Waals surface area contributed by atoms with Crippen LogP contribution in [0.5, 0.6) is 0 Å². The second kappa shape index (κ2) is 5.27. The Kier molecular flexibility index (Phi) is 4.99. The second-order valence-electron chi connectivity index (χ2n) is 1.92. The third kappa shape index (κ3) is 2.85. The van der Waals surface area contributed by atoms with Gasteiger partial charge in [-0.2, -0.15) is 0 Å². The summed E-state index contributed by atoms with van der Waals surface area (Å²) in [5.41, 5.74) is 1.22. The summed E-state index contributed by atoms with van der Waals surface area (Å²) in [5.74, 6) is 0. The van der Waals surface area contributed by atoms with E-state index in [4.69, 9.17) is 4.74 Å². The summed E-state index contributed by atoms with van der Waals surface area (Å²) in [5, 5.41) is 0. The molecule has 0 amide bonds. The highest BCUT2D eigenvalue weighted by atomic mass is 35.5. The zero-order valence-electron chi connectivity index (χ0n) is 5.91. The quantitative estimate of drug-likeness (QED) is 0.642. The molecule has 1 aromatic carbocycles. The highest BCUT2D eigenvalue weighted by Crippen LogP contribution is 1.98. The molecule has 56 valence electrons. The Balaban J connectivity index is 0.000000810. The minimum absolute atomic E-state index is 0. The van der Waals surface area contributed by atoms with Gasteiger partial charge in [0.2, 0.25) is 0 Å². The Morgan fingerprint density at radius 1 is 1.20 bits per heavy atom. The summed E-state index contributed by atoms with van der Waals surface area (Å²) in [6.45, 7) is 0.709. The highest BCUT2D eigenvalue weighted by Gasteiger charge is 1.84. The van der Waals surface area contributed by atoms with Crippen molar-refractivity contribution in [1.82, 2.24) is 0 Å². The summed E-state index contributed by atoms with van der Waals surface area (Å²) in [4.78, 5) is 0. The maximum Gasteiger partial charge on any atom is 0.0713 e. The van der Waals surface area contributed by atoms with E-state index < -0.39 is 0 Å². The normalized spacial score (nSPS) is 8.50. The Morgan fingerprint density at radius 3 is 2.30 bits per heavy atom. The van der Waals surface area contributed by atoms with Crippen LogP contribution in [0.25, 0.3) is 0 Å². The molecule has 2 heteroatoms. The van der Waals surface area contributed by atoms with Crippen LogP contribution in [0.15, 0.2) is 30.3 Å². The average Bonchev–Trinajstić information content (AvgIpc) is 1.91. The van der Waals surface area contributed by atoms with Gasteiger partial charge in [0.25, 0.3) is 0 Å². The van der Waals surface area contributed by atoms with E-state index in [0.29, 0.717) is 6.61 Å². The molecule has 1 nitrogen and oxygen atoms in total. The van der Waals surface area contributed by atoms with E-state index in [1.165, 1.54) is 5.56 Å². The van der Waals surface area contributed by atoms with Crippen molar-refractivity contribution in [2.75, 3.05) is 7.11 Å². The molecule has 0 fully saturated rings. The van der Waals surface area contributed by atoms with Crippen molar-refractivity contribution in [1.29, 1.82) is 0 Å². The van der Waals surface area contributed by atoms with Crippen molar-refractivity contribution in [3.05, 3.63) is 35.9 Å². The van der Waals surface area contributed by atoms with Gasteiger partial charge in [0.1, 0.15) is 0 Å². The van der Waals surface area contributed by atoms with Crippen molar-refractivity contribution in [2.45, 2.75) is 6.61 Å². The van der Waals surface area contributed by atoms with Crippen molar-refractivity contribution in [3.63, 3.8) is 0 Å². The third-order valence-electron chi connectivity index (χ3n) is 1.15. The molecule has 0 saturated heterocycles. The van der Waals surface area contributed by atoms with Crippen LogP contribution in [-0.4, -0.2) is 7.11 Å². The first-order valence-corrected chi connectivity index (χ1v) is 2.96. The largest absolute Gasteiger partial charge is 0.380 e. The lowest BCUT2D eigenvalue weighted by Gasteiger charge is -1.95. The molecule has 0 radical (unpaired) electrons. The zero-order valence-corrected chi connectivity index (χ0v) is 6.73. The molecule has 0 spiro atoms. The molecule has 0 N–H and O–H groups in total. The van der Waals surface area contributed by atoms with Gasteiger partial charge < -0.3 is 4.74 Å². The molecular weight excluding hydrogens is 148 g/mol. The van der Waals surface area contributed by atoms with E-state index in [2.05, 4.69) is 0 Å². The van der Waals surface area contributed by atoms with Crippen LogP contribution in [-0.2, 0) is 11.3 Å². The summed E-state index contributed by atoms with van der Waals surface area (Å²) < 4.78 is 4.93. The van der Waals surface area contributed by atoms with E-state index in [1.807, 2.05) is 30.3 Å². The van der Waals surface area contributed by atoms with Crippen LogP contribution >= 0.6 is 12.4 Å². The molecule has 0 saturated carbocycles. The van der Waals surface area contributed by atoms with Crippen LogP contribution in [0.1, 0.15) is 5.56 Å². The first-order chi connectivity index (χ1) is 4.43. The van der Waals surface area contributed by atoms with E-state index in [1.54, 1.807) is 7.11 Å². The molecule has 0 heterocycles. The maximum absolute atomic E-state index is 4.93. The number of halogens is 1. The monoisotopic (exact) mass is 158 g/mol. The summed E-state index contributed by atoms with van der Waals surface area (Å²) in [7, 11) is 1.70. The second-order valence-corrected chi connectivity index (χ2v) is 1.92. The van der Waals surface area contributed by atoms with Gasteiger partial charge in [0.15, 0.2) is 0 Å². The number of rotatable bonds is 2. The minimum atomic E-state index is 0. The Hall–Kier alpha value is -0.530. The maximum atomic E-state index is 4.93. The molecule has 0 unspecified atom stereocenters. The Morgan fingerprint density at radius 2 is 1.80 bits per heavy atom. The number of benzene rings is 1. The van der Waals surface area contributed by atoms with Gasteiger partial charge in [-0.3, -0.25) is 0 Å². The summed E-state index contributed by atoms with van der Waals surface area (Å²) in [6, 6.07) is 10.1. The topological polar surface area (TPSA) is 9.23 Å². The van der Waals surface area contributed by atoms with Gasteiger partial charge in [-0.1, -0.05) is 30.3 Å². The van der Waals surface area contributed by atoms with E-state index in [-0.39, 0.29) is 12.4 Å². The molecule has 1 rings (SSSR count). The smallest absolute Gasteiger partial charge is 0.0713 e. The van der Waals surface area contributed by atoms with Crippen molar-refractivity contribution >= 4 is 12.4 Å². The minimum Gasteiger partial charge on any atom is -0.380 e. The highest BCUT2D eigenvalue weighted by molar-refractivity contribution is 5.85. The average molecular weight is 159 g/mol. The van der Waals surface area contributed by atoms with Crippen LogP contribution in [0.2, 0.25) is 0 Å². The lowest BCUT2D eigenvalue weighted by molar-refractivity contribution is 0.185. The fraction of sp³-hybridized carbons (Fsp3) is 0.250. The predicted octanol–water partition coefficient (Wildman–Crippen LogP) is 2.25. The molecule has 0 bridgehead atoms. The lowest BCUT2D eigenvalue weighted by Crippen LogP contribution is -1.84. The van der Waals surface area contributed by atoms with Gasteiger partial charge in [0, 0.05) is 7.11 Å². The number of hydrogen-bond acceptors (Lipinski definition) is 1. The number of methoxy groups -OCH3 is 1. The Bertz CT molecular complexity index is 162. The van der Waals surface area contributed by atoms with Crippen LogP contribution < -0.4 is 0 Å². The molecule has 1 aromatic rings. The standard InChI is InChI=1S/C8H10O.ClH/c1-9-7-8-5-3-2-4-6-8;/h2-6H,7H2,1H3;1H. The molecule has 0 atom stereocenters. The first kappa shape index (κ1) is 9.47. The van der Waals surface area contributed by atoms with Gasteiger partial charge in [-0.15, -0.1) is 12.4 Å². The first-order valence-electron chi connectivity index (χ1n) is 2.96. The summed E-state index contributed by atoms with van der Waals surface area (Å²) in [6.07, 6.45) is 0. The SMILES string of the molecule is COCc1ccccc1.Cl. The van der Waals surface area contributed by atoms with Crippen molar-refractivity contribution in [2.24, 2.45) is 0 Å². The van der Waals surface area contributed by atoms with E-state index >= 15 is 0 Å². The lowest BCUT2D eigenvalue weighted by atomic mass is 10.2. The fourth-order valence-electron chi connectivity index (χ4n) is 0.741. The third-order valence-corrected chi connectivity index (χ3v) is 1.15. The molecule has 0 aliphatic rings. The van der Waals surface area contributed by atoms with Gasteiger partial charge in [0.05, 0.1) is 6.61 Å². The molecule has 0 aliphatic carbocycles. The number of ether oxygens (including phenoxy) is 1.